The molecule has 2 aromatic rings. The van der Waals surface area contributed by atoms with Crippen molar-refractivity contribution < 1.29 is 19.3 Å². The van der Waals surface area contributed by atoms with Crippen LogP contribution in [0.1, 0.15) is 20.8 Å². The van der Waals surface area contributed by atoms with Crippen molar-refractivity contribution in [1.82, 2.24) is 0 Å². The Hall–Kier alpha value is -1.92. The van der Waals surface area contributed by atoms with Crippen molar-refractivity contribution in [3.63, 3.8) is 0 Å². The zero-order valence-corrected chi connectivity index (χ0v) is 15.8. The van der Waals surface area contributed by atoms with E-state index in [0.29, 0.717) is 28.2 Å². The van der Waals surface area contributed by atoms with E-state index in [1.165, 1.54) is 0 Å². The van der Waals surface area contributed by atoms with Gasteiger partial charge in [-0.05, 0) is 42.4 Å². The van der Waals surface area contributed by atoms with Gasteiger partial charge in [0.2, 0.25) is 8.32 Å². The molecule has 0 saturated carbocycles. The Morgan fingerprint density at radius 3 is 2.21 bits per heavy atom. The SMILES string of the molecule is CC(C)(C)[Si](C)(C)Oc1cccc2c1B(O)c1c(O)cccc1O2. The first-order chi connectivity index (χ1) is 11.1. The molecular formula is C18H23BO4Si. The maximum absolute atomic E-state index is 10.9. The fraction of sp³-hybridized carbons (Fsp3) is 0.333. The lowest BCUT2D eigenvalue weighted by molar-refractivity contribution is 0.450. The van der Waals surface area contributed by atoms with Gasteiger partial charge >= 0.3 is 6.92 Å². The van der Waals surface area contributed by atoms with E-state index in [2.05, 4.69) is 33.9 Å². The Kier molecular flexibility index (Phi) is 3.92. The fourth-order valence-electron chi connectivity index (χ4n) is 2.56. The van der Waals surface area contributed by atoms with Gasteiger partial charge in [0, 0.05) is 10.9 Å². The van der Waals surface area contributed by atoms with Crippen LogP contribution in [-0.2, 0) is 0 Å². The van der Waals surface area contributed by atoms with Gasteiger partial charge in [0.1, 0.15) is 23.0 Å². The van der Waals surface area contributed by atoms with Crippen LogP contribution < -0.4 is 20.1 Å². The van der Waals surface area contributed by atoms with Gasteiger partial charge in [0.15, 0.2) is 0 Å². The van der Waals surface area contributed by atoms with E-state index in [1.54, 1.807) is 18.2 Å². The van der Waals surface area contributed by atoms with Gasteiger partial charge in [0.05, 0.1) is 0 Å². The van der Waals surface area contributed by atoms with E-state index in [1.807, 2.05) is 18.2 Å². The summed E-state index contributed by atoms with van der Waals surface area (Å²) in [6.45, 7) is 9.85. The minimum Gasteiger partial charge on any atom is -0.544 e. The van der Waals surface area contributed by atoms with Crippen molar-refractivity contribution in [1.29, 1.82) is 0 Å². The molecule has 0 amide bonds. The maximum atomic E-state index is 10.9. The molecule has 0 radical (unpaired) electrons. The van der Waals surface area contributed by atoms with Crippen LogP contribution in [0, 0.1) is 0 Å². The molecule has 1 aliphatic heterocycles. The fourth-order valence-corrected chi connectivity index (χ4v) is 3.59. The number of hydrogen-bond acceptors (Lipinski definition) is 4. The molecule has 0 fully saturated rings. The molecule has 126 valence electrons. The molecule has 24 heavy (non-hydrogen) atoms. The number of fused-ring (bicyclic) bond motifs is 2. The summed E-state index contributed by atoms with van der Waals surface area (Å²) in [6.07, 6.45) is 0. The van der Waals surface area contributed by atoms with Crippen LogP contribution in [0.5, 0.6) is 23.0 Å². The molecule has 2 N–H and O–H groups in total. The highest BCUT2D eigenvalue weighted by molar-refractivity contribution is 6.82. The molecule has 1 heterocycles. The number of aromatic hydroxyl groups is 1. The molecule has 3 rings (SSSR count). The maximum Gasteiger partial charge on any atom is 0.374 e. The molecule has 0 aromatic heterocycles. The smallest absolute Gasteiger partial charge is 0.374 e. The van der Waals surface area contributed by atoms with Crippen molar-refractivity contribution >= 4 is 26.2 Å². The molecule has 0 spiro atoms. The second kappa shape index (κ2) is 5.57. The van der Waals surface area contributed by atoms with Crippen molar-refractivity contribution in [2.24, 2.45) is 0 Å². The summed E-state index contributed by atoms with van der Waals surface area (Å²) in [5.41, 5.74) is 0.965. The van der Waals surface area contributed by atoms with Gasteiger partial charge in [0.25, 0.3) is 0 Å². The van der Waals surface area contributed by atoms with Crippen LogP contribution in [0.25, 0.3) is 0 Å². The Balaban J connectivity index is 2.08. The van der Waals surface area contributed by atoms with E-state index in [4.69, 9.17) is 9.16 Å². The van der Waals surface area contributed by atoms with Crippen molar-refractivity contribution in [2.45, 2.75) is 38.9 Å². The Morgan fingerprint density at radius 2 is 1.58 bits per heavy atom. The summed E-state index contributed by atoms with van der Waals surface area (Å²) in [6, 6.07) is 10.5. The average molecular weight is 342 g/mol. The summed E-state index contributed by atoms with van der Waals surface area (Å²) in [5.74, 6) is 1.68. The third-order valence-corrected chi connectivity index (χ3v) is 9.35. The number of benzene rings is 2. The van der Waals surface area contributed by atoms with Crippen molar-refractivity contribution in [2.75, 3.05) is 0 Å². The van der Waals surface area contributed by atoms with E-state index in [-0.39, 0.29) is 10.8 Å². The second-order valence-corrected chi connectivity index (χ2v) is 12.4. The van der Waals surface area contributed by atoms with Crippen LogP contribution in [0.2, 0.25) is 18.1 Å². The van der Waals surface area contributed by atoms with Gasteiger partial charge in [-0.2, -0.15) is 0 Å². The molecule has 0 unspecified atom stereocenters. The van der Waals surface area contributed by atoms with Crippen molar-refractivity contribution in [3.8, 4) is 23.0 Å². The van der Waals surface area contributed by atoms with E-state index < -0.39 is 15.2 Å². The Morgan fingerprint density at radius 1 is 1.00 bits per heavy atom. The van der Waals surface area contributed by atoms with Crippen LogP contribution in [0.4, 0.5) is 0 Å². The third kappa shape index (κ3) is 2.70. The lowest BCUT2D eigenvalue weighted by Crippen LogP contribution is -2.50. The number of ether oxygens (including phenoxy) is 1. The minimum atomic E-state index is -2.07. The highest BCUT2D eigenvalue weighted by Crippen LogP contribution is 2.38. The topological polar surface area (TPSA) is 58.9 Å². The zero-order valence-electron chi connectivity index (χ0n) is 14.8. The molecule has 0 bridgehead atoms. The van der Waals surface area contributed by atoms with E-state index in [9.17, 15) is 10.1 Å². The zero-order chi connectivity index (χ0) is 17.7. The minimum absolute atomic E-state index is 0.0211. The molecule has 0 atom stereocenters. The monoisotopic (exact) mass is 342 g/mol. The largest absolute Gasteiger partial charge is 0.544 e. The Bertz CT molecular complexity index is 783. The first kappa shape index (κ1) is 16.9. The molecule has 0 aliphatic carbocycles. The summed E-state index contributed by atoms with van der Waals surface area (Å²) >= 11 is 0. The molecule has 2 aromatic carbocycles. The summed E-state index contributed by atoms with van der Waals surface area (Å²) in [5, 5.41) is 21.0. The van der Waals surface area contributed by atoms with Gasteiger partial charge in [-0.15, -0.1) is 0 Å². The standard InChI is InChI=1S/C18H23BO4Si/c1-18(2,3)24(4,5)23-15-11-7-10-14-17(15)19(21)16-12(20)8-6-9-13(16)22-14/h6-11,20-21H,1-5H3. The van der Waals surface area contributed by atoms with Gasteiger partial charge < -0.3 is 19.3 Å². The van der Waals surface area contributed by atoms with Crippen LogP contribution in [-0.4, -0.2) is 25.4 Å². The van der Waals surface area contributed by atoms with Crippen LogP contribution in [0.15, 0.2) is 36.4 Å². The number of phenols is 1. The first-order valence-corrected chi connectivity index (χ1v) is 11.0. The average Bonchev–Trinajstić information content (AvgIpc) is 2.45. The molecule has 0 saturated heterocycles. The number of phenolic OH excluding ortho intramolecular Hbond substituents is 1. The lowest BCUT2D eigenvalue weighted by Gasteiger charge is -2.38. The Labute approximate surface area is 144 Å². The van der Waals surface area contributed by atoms with Gasteiger partial charge in [-0.25, -0.2) is 0 Å². The van der Waals surface area contributed by atoms with E-state index in [0.717, 1.165) is 0 Å². The lowest BCUT2D eigenvalue weighted by atomic mass is 9.53. The van der Waals surface area contributed by atoms with E-state index >= 15 is 0 Å². The van der Waals surface area contributed by atoms with Gasteiger partial charge in [-0.1, -0.05) is 32.9 Å². The van der Waals surface area contributed by atoms with Crippen LogP contribution >= 0.6 is 0 Å². The quantitative estimate of drug-likeness (QED) is 0.824. The molecule has 1 aliphatic rings. The number of rotatable bonds is 2. The van der Waals surface area contributed by atoms with Crippen LogP contribution in [0.3, 0.4) is 0 Å². The first-order valence-electron chi connectivity index (χ1n) is 8.11. The van der Waals surface area contributed by atoms with Gasteiger partial charge in [-0.3, -0.25) is 0 Å². The predicted octanol–water partition coefficient (Wildman–Crippen LogP) is 2.98. The molecule has 6 heteroatoms. The second-order valence-electron chi connectivity index (χ2n) is 7.72. The number of hydrogen-bond donors (Lipinski definition) is 2. The predicted molar refractivity (Wildman–Crippen MR) is 99.7 cm³/mol. The normalized spacial score (nSPS) is 13.8. The van der Waals surface area contributed by atoms with Crippen molar-refractivity contribution in [3.05, 3.63) is 36.4 Å². The summed E-state index contributed by atoms with van der Waals surface area (Å²) < 4.78 is 12.3. The molecular weight excluding hydrogens is 319 g/mol. The highest BCUT2D eigenvalue weighted by atomic mass is 28.4. The third-order valence-electron chi connectivity index (χ3n) is 5.01. The summed E-state index contributed by atoms with van der Waals surface area (Å²) in [7, 11) is -2.07. The molecule has 4 nitrogen and oxygen atoms in total. The highest BCUT2D eigenvalue weighted by Gasteiger charge is 2.42. The summed E-state index contributed by atoms with van der Waals surface area (Å²) in [4.78, 5) is 0.